The van der Waals surface area contributed by atoms with Gasteiger partial charge in [0.15, 0.2) is 0 Å². The van der Waals surface area contributed by atoms with E-state index in [2.05, 4.69) is 48.1 Å². The summed E-state index contributed by atoms with van der Waals surface area (Å²) in [6.07, 6.45) is 0. The van der Waals surface area contributed by atoms with Gasteiger partial charge in [0.2, 0.25) is 0 Å². The summed E-state index contributed by atoms with van der Waals surface area (Å²) in [5, 5.41) is 25.4. The lowest BCUT2D eigenvalue weighted by Gasteiger charge is -2.37. The number of hydrogen-bond donors (Lipinski definition) is 4. The maximum Gasteiger partial charge on any atom is 0.348 e. The minimum Gasteiger partial charge on any atom is -0.425 e. The van der Waals surface area contributed by atoms with Crippen LogP contribution < -0.4 is 11.2 Å². The number of benzene rings is 2. The third kappa shape index (κ3) is 4.49. The van der Waals surface area contributed by atoms with E-state index < -0.39 is 22.4 Å². The van der Waals surface area contributed by atoms with Crippen molar-refractivity contribution >= 4 is 58.7 Å². The summed E-state index contributed by atoms with van der Waals surface area (Å²) in [6, 6.07) is 8.53. The zero-order chi connectivity index (χ0) is 26.8. The van der Waals surface area contributed by atoms with Crippen molar-refractivity contribution in [2.24, 2.45) is 0 Å². The summed E-state index contributed by atoms with van der Waals surface area (Å²) in [6.45, 7) is 18.6. The summed E-state index contributed by atoms with van der Waals surface area (Å²) >= 11 is 0. The van der Waals surface area contributed by atoms with Crippen molar-refractivity contribution in [1.82, 2.24) is 9.97 Å². The van der Waals surface area contributed by atoms with Gasteiger partial charge >= 0.3 is 15.0 Å². The Balaban J connectivity index is 1.79. The smallest absolute Gasteiger partial charge is 0.348 e. The van der Waals surface area contributed by atoms with E-state index in [-0.39, 0.29) is 0 Å². The lowest BCUT2D eigenvalue weighted by molar-refractivity contribution is -0.0893. The van der Waals surface area contributed by atoms with Gasteiger partial charge in [-0.2, -0.15) is 0 Å². The van der Waals surface area contributed by atoms with Crippen molar-refractivity contribution in [1.29, 1.82) is 0 Å². The van der Waals surface area contributed by atoms with E-state index in [4.69, 9.17) is 9.31 Å². The first-order valence-electron chi connectivity index (χ1n) is 12.5. The molecule has 2 heterocycles. The number of H-pyrrole nitrogens is 2. The van der Waals surface area contributed by atoms with Gasteiger partial charge < -0.3 is 29.5 Å². The summed E-state index contributed by atoms with van der Waals surface area (Å²) in [5.41, 5.74) is 2.44. The van der Waals surface area contributed by atoms with Crippen molar-refractivity contribution < 1.29 is 19.5 Å². The summed E-state index contributed by atoms with van der Waals surface area (Å²) < 4.78 is 12.1. The van der Waals surface area contributed by atoms with Gasteiger partial charge in [-0.05, 0) is 85.8 Å². The van der Waals surface area contributed by atoms with Crippen molar-refractivity contribution in [3.8, 4) is 0 Å². The maximum absolute atomic E-state index is 10.5. The molecule has 2 radical (unpaired) electrons. The highest BCUT2D eigenvalue weighted by Crippen LogP contribution is 2.33. The molecule has 36 heavy (non-hydrogen) atoms. The highest BCUT2D eigenvalue weighted by atomic mass is 16.5. The zero-order valence-corrected chi connectivity index (χ0v) is 23.2. The van der Waals surface area contributed by atoms with Crippen LogP contribution in [0.1, 0.15) is 66.5 Å². The molecule has 4 rings (SSSR count). The Morgan fingerprint density at radius 3 is 1.33 bits per heavy atom. The molecule has 4 N–H and O–H groups in total. The van der Waals surface area contributed by atoms with Gasteiger partial charge in [0.25, 0.3) is 0 Å². The Kier molecular flexibility index (Phi) is 6.45. The quantitative estimate of drug-likeness (QED) is 0.282. The molecule has 8 heteroatoms. The van der Waals surface area contributed by atoms with Gasteiger partial charge in [-0.15, -0.1) is 0 Å². The van der Waals surface area contributed by atoms with Crippen molar-refractivity contribution in [2.45, 2.75) is 91.6 Å². The molecule has 190 valence electrons. The van der Waals surface area contributed by atoms with E-state index in [0.29, 0.717) is 0 Å². The molecule has 2 aromatic heterocycles. The van der Waals surface area contributed by atoms with Gasteiger partial charge in [-0.25, -0.2) is 0 Å². The fourth-order valence-corrected chi connectivity index (χ4v) is 3.99. The average Bonchev–Trinajstić information content (AvgIpc) is 3.25. The maximum atomic E-state index is 10.5. The van der Waals surface area contributed by atoms with Crippen molar-refractivity contribution in [3.05, 3.63) is 35.4 Å². The number of hydrogen-bond acceptors (Lipinski definition) is 4. The number of aromatic amines is 2. The molecule has 4 aromatic rings. The fourth-order valence-electron chi connectivity index (χ4n) is 3.99. The first-order valence-corrected chi connectivity index (χ1v) is 12.5. The van der Waals surface area contributed by atoms with Crippen LogP contribution in [-0.4, -0.2) is 57.5 Å². The molecule has 0 atom stereocenters. The van der Waals surface area contributed by atoms with E-state index in [0.717, 1.165) is 54.9 Å². The second kappa shape index (κ2) is 8.66. The van der Waals surface area contributed by atoms with Crippen LogP contribution in [0, 0.1) is 13.8 Å². The normalized spacial score (nSPS) is 13.8. The average molecular weight is 488 g/mol. The molecular weight excluding hydrogens is 450 g/mol. The van der Waals surface area contributed by atoms with Gasteiger partial charge in [0.05, 0.1) is 33.4 Å². The van der Waals surface area contributed by atoms with Gasteiger partial charge in [0.1, 0.15) is 0 Å². The Labute approximate surface area is 215 Å². The number of rotatable bonds is 8. The largest absolute Gasteiger partial charge is 0.425 e. The van der Waals surface area contributed by atoms with Crippen LogP contribution in [0.3, 0.4) is 0 Å². The van der Waals surface area contributed by atoms with Crippen LogP contribution in [-0.2, 0) is 9.31 Å². The lowest BCUT2D eigenvalue weighted by Crippen LogP contribution is -2.49. The number of fused-ring (bicyclic) bond motifs is 5. The molecule has 0 fully saturated rings. The third-order valence-corrected chi connectivity index (χ3v) is 8.21. The van der Waals surface area contributed by atoms with E-state index in [1.807, 2.05) is 27.7 Å². The fraction of sp³-hybridized carbons (Fsp3) is 0.500. The SMILES string of the molecule is Cc1c([B]OC(C)(C)C(C)(C)O)[nH]c2c1ccc1ccc3c(C)c([B]OC(C)(C)C(C)(C)O)[nH]c3c12. The lowest BCUT2D eigenvalue weighted by atomic mass is 9.84. The Hall–Kier alpha value is -2.25. The molecule has 0 unspecified atom stereocenters. The molecule has 0 saturated heterocycles. The van der Waals surface area contributed by atoms with Crippen molar-refractivity contribution in [2.75, 3.05) is 0 Å². The molecule has 0 aliphatic heterocycles. The number of nitrogens with one attached hydrogen (secondary N) is 2. The Morgan fingerprint density at radius 1 is 0.639 bits per heavy atom. The van der Waals surface area contributed by atoms with E-state index in [9.17, 15) is 10.2 Å². The highest BCUT2D eigenvalue weighted by Gasteiger charge is 2.37. The van der Waals surface area contributed by atoms with Crippen LogP contribution in [0.15, 0.2) is 24.3 Å². The first-order chi connectivity index (χ1) is 16.4. The Morgan fingerprint density at radius 2 is 1.00 bits per heavy atom. The monoisotopic (exact) mass is 488 g/mol. The van der Waals surface area contributed by atoms with Crippen LogP contribution in [0.2, 0.25) is 0 Å². The number of aryl methyl sites for hydroxylation is 2. The van der Waals surface area contributed by atoms with E-state index in [1.54, 1.807) is 42.7 Å². The first kappa shape index (κ1) is 26.8. The minimum absolute atomic E-state index is 0.760. The standard InChI is InChI=1S/C28H38B2N2O4/c1-15-18-13-11-17-12-14-19-16(2)24(30-36-28(9,10)26(5,6)34)32-22(19)20(17)21(18)31-23(15)29-35-27(7,8)25(3,4)33/h11-14,31-34H,1-10H3. The molecular formula is C28H38B2N2O4. The van der Waals surface area contributed by atoms with E-state index in [1.165, 1.54) is 0 Å². The summed E-state index contributed by atoms with van der Waals surface area (Å²) in [4.78, 5) is 7.14. The predicted molar refractivity (Wildman–Crippen MR) is 151 cm³/mol. The second-order valence-corrected chi connectivity index (χ2v) is 12.0. The van der Waals surface area contributed by atoms with Gasteiger partial charge in [-0.3, -0.25) is 0 Å². The zero-order valence-electron chi connectivity index (χ0n) is 23.2. The second-order valence-electron chi connectivity index (χ2n) is 12.0. The van der Waals surface area contributed by atoms with Crippen LogP contribution in [0.25, 0.3) is 32.6 Å². The molecule has 0 aliphatic carbocycles. The highest BCUT2D eigenvalue weighted by molar-refractivity contribution is 6.49. The number of aliphatic hydroxyl groups is 2. The van der Waals surface area contributed by atoms with E-state index >= 15 is 0 Å². The molecule has 0 amide bonds. The van der Waals surface area contributed by atoms with Crippen LogP contribution >= 0.6 is 0 Å². The molecule has 0 bridgehead atoms. The summed E-state index contributed by atoms with van der Waals surface area (Å²) in [7, 11) is 3.43. The van der Waals surface area contributed by atoms with Crippen LogP contribution in [0.4, 0.5) is 0 Å². The molecule has 0 spiro atoms. The predicted octanol–water partition coefficient (Wildman–Crippen LogP) is 4.04. The van der Waals surface area contributed by atoms with Gasteiger partial charge in [-0.1, -0.05) is 24.3 Å². The van der Waals surface area contributed by atoms with Gasteiger partial charge in [0, 0.05) is 27.3 Å². The molecule has 6 nitrogen and oxygen atoms in total. The third-order valence-electron chi connectivity index (χ3n) is 8.21. The Bertz CT molecular complexity index is 1330. The minimum atomic E-state index is -1.00. The molecule has 2 aromatic carbocycles. The summed E-state index contributed by atoms with van der Waals surface area (Å²) in [5.74, 6) is 0. The van der Waals surface area contributed by atoms with Crippen molar-refractivity contribution in [3.63, 3.8) is 0 Å². The number of aromatic nitrogens is 2. The topological polar surface area (TPSA) is 90.5 Å². The molecule has 0 aliphatic rings. The molecule has 0 saturated carbocycles. The van der Waals surface area contributed by atoms with Crippen LogP contribution in [0.5, 0.6) is 0 Å².